The van der Waals surface area contributed by atoms with Gasteiger partial charge < -0.3 is 30.7 Å². The highest BCUT2D eigenvalue weighted by molar-refractivity contribution is 7.13. The van der Waals surface area contributed by atoms with Gasteiger partial charge >= 0.3 is 0 Å². The Kier molecular flexibility index (Phi) is 8.86. The summed E-state index contributed by atoms with van der Waals surface area (Å²) < 4.78 is 15.0. The molecular weight excluding hydrogens is 593 g/mol. The molecule has 1 fully saturated rings. The van der Waals surface area contributed by atoms with Crippen molar-refractivity contribution in [2.45, 2.75) is 37.5 Å². The normalized spacial score (nSPS) is 20.3. The number of halogens is 2. The van der Waals surface area contributed by atoms with Crippen molar-refractivity contribution in [3.8, 4) is 10.6 Å². The number of rotatable bonds is 12. The predicted molar refractivity (Wildman–Crippen MR) is 166 cm³/mol. The van der Waals surface area contributed by atoms with Crippen molar-refractivity contribution in [2.24, 2.45) is 5.92 Å². The summed E-state index contributed by atoms with van der Waals surface area (Å²) in [6.45, 7) is 2.84. The first-order valence-corrected chi connectivity index (χ1v) is 15.4. The molecule has 0 aliphatic heterocycles. The molecule has 14 heteroatoms. The van der Waals surface area contributed by atoms with Crippen LogP contribution in [0.15, 0.2) is 54.4 Å². The van der Waals surface area contributed by atoms with Crippen molar-refractivity contribution in [3.63, 3.8) is 0 Å². The molecule has 5 aromatic rings. The van der Waals surface area contributed by atoms with E-state index in [0.29, 0.717) is 24.0 Å². The van der Waals surface area contributed by atoms with Gasteiger partial charge in [-0.25, -0.2) is 14.4 Å². The molecule has 43 heavy (non-hydrogen) atoms. The molecule has 1 aliphatic carbocycles. The van der Waals surface area contributed by atoms with Gasteiger partial charge in [0, 0.05) is 48.5 Å². The molecule has 0 saturated heterocycles. The summed E-state index contributed by atoms with van der Waals surface area (Å²) in [5.41, 5.74) is 9.54. The summed E-state index contributed by atoms with van der Waals surface area (Å²) in [5, 5.41) is 36.2. The molecule has 4 heterocycles. The van der Waals surface area contributed by atoms with E-state index in [1.165, 1.54) is 23.5 Å². The molecule has 0 unspecified atom stereocenters. The minimum absolute atomic E-state index is 0.0111. The minimum Gasteiger partial charge on any atom is -0.390 e. The lowest BCUT2D eigenvalue weighted by molar-refractivity contribution is 0.00793. The molecule has 1 aliphatic rings. The van der Waals surface area contributed by atoms with Crippen LogP contribution in [-0.2, 0) is 6.42 Å². The van der Waals surface area contributed by atoms with Gasteiger partial charge in [0.1, 0.15) is 28.4 Å². The lowest BCUT2D eigenvalue weighted by atomic mass is 10.0. The van der Waals surface area contributed by atoms with Crippen molar-refractivity contribution >= 4 is 45.5 Å². The number of fused-ring (bicyclic) bond motifs is 1. The molecule has 4 atom stereocenters. The average molecular weight is 626 g/mol. The van der Waals surface area contributed by atoms with Gasteiger partial charge in [0.25, 0.3) is 0 Å². The van der Waals surface area contributed by atoms with Crippen LogP contribution in [0.4, 0.5) is 15.9 Å². The Morgan fingerprint density at radius 1 is 1.19 bits per heavy atom. The molecule has 11 nitrogen and oxygen atoms in total. The zero-order chi connectivity index (χ0) is 29.9. The van der Waals surface area contributed by atoms with Crippen molar-refractivity contribution in [3.05, 3.63) is 71.1 Å². The second-order valence-corrected chi connectivity index (χ2v) is 12.0. The lowest BCUT2D eigenvalue weighted by Gasteiger charge is -2.28. The van der Waals surface area contributed by atoms with Gasteiger partial charge in [-0.15, -0.1) is 11.3 Å². The van der Waals surface area contributed by atoms with E-state index in [9.17, 15) is 14.6 Å². The van der Waals surface area contributed by atoms with Crippen LogP contribution in [0.2, 0.25) is 5.28 Å². The Labute approximate surface area is 256 Å². The molecule has 226 valence electrons. The lowest BCUT2D eigenvalue weighted by Crippen LogP contribution is -2.37. The van der Waals surface area contributed by atoms with Crippen LogP contribution in [0.1, 0.15) is 24.4 Å². The van der Waals surface area contributed by atoms with Crippen molar-refractivity contribution in [1.29, 1.82) is 0 Å². The number of nitrogens with one attached hydrogen (secondary N) is 2. The number of nitrogen functional groups attached to an aromatic ring is 1. The number of H-pyrrole nitrogens is 1. The first-order valence-electron chi connectivity index (χ1n) is 14.2. The van der Waals surface area contributed by atoms with E-state index in [0.717, 1.165) is 54.3 Å². The molecule has 0 bridgehead atoms. The number of anilines is 2. The maximum absolute atomic E-state index is 13.1. The smallest absolute Gasteiger partial charge is 0.226 e. The van der Waals surface area contributed by atoms with E-state index < -0.39 is 18.2 Å². The van der Waals surface area contributed by atoms with Gasteiger partial charge in [-0.2, -0.15) is 10.1 Å². The number of aliphatic hydroxyl groups excluding tert-OH is 2. The van der Waals surface area contributed by atoms with Gasteiger partial charge in [-0.1, -0.05) is 12.1 Å². The fourth-order valence-corrected chi connectivity index (χ4v) is 6.73. The monoisotopic (exact) mass is 625 g/mol. The molecule has 0 radical (unpaired) electrons. The first-order chi connectivity index (χ1) is 20.9. The highest BCUT2D eigenvalue weighted by Crippen LogP contribution is 2.42. The van der Waals surface area contributed by atoms with E-state index in [-0.39, 0.29) is 22.8 Å². The quantitative estimate of drug-likeness (QED) is 0.103. The van der Waals surface area contributed by atoms with Crippen LogP contribution in [-0.4, -0.2) is 78.3 Å². The maximum atomic E-state index is 13.1. The van der Waals surface area contributed by atoms with Crippen LogP contribution >= 0.6 is 22.9 Å². The SMILES string of the molecule is Nc1nc(Cl)nc2c1c(-c1nccs1)cn2[C@@H]1C[C@H](CN(CCCNCCc2ccc(F)cc2)c2cn[nH]c2)[C@@H](O)[C@H]1O. The summed E-state index contributed by atoms with van der Waals surface area (Å²) in [6, 6.07) is 6.11. The second-order valence-electron chi connectivity index (χ2n) is 10.8. The largest absolute Gasteiger partial charge is 0.390 e. The topological polar surface area (TPSA) is 154 Å². The molecule has 1 saturated carbocycles. The number of nitrogens with zero attached hydrogens (tertiary/aromatic N) is 6. The van der Waals surface area contributed by atoms with Gasteiger partial charge in [-0.3, -0.25) is 5.10 Å². The van der Waals surface area contributed by atoms with Gasteiger partial charge in [-0.05, 0) is 61.6 Å². The van der Waals surface area contributed by atoms with Crippen LogP contribution in [0.25, 0.3) is 21.6 Å². The van der Waals surface area contributed by atoms with E-state index >= 15 is 0 Å². The van der Waals surface area contributed by atoms with E-state index in [1.54, 1.807) is 24.5 Å². The predicted octanol–water partition coefficient (Wildman–Crippen LogP) is 3.66. The molecule has 1 aromatic carbocycles. The number of benzene rings is 1. The summed E-state index contributed by atoms with van der Waals surface area (Å²) in [6.07, 6.45) is 7.39. The fraction of sp³-hybridized carbons (Fsp3) is 0.379. The van der Waals surface area contributed by atoms with E-state index in [2.05, 4.69) is 35.4 Å². The van der Waals surface area contributed by atoms with Crippen molar-refractivity contribution < 1.29 is 14.6 Å². The molecule has 0 amide bonds. The number of aromatic nitrogens is 6. The number of nitrogens with two attached hydrogens (primary N) is 1. The zero-order valence-electron chi connectivity index (χ0n) is 23.3. The highest BCUT2D eigenvalue weighted by Gasteiger charge is 2.44. The summed E-state index contributed by atoms with van der Waals surface area (Å²) in [5.74, 6) is -0.217. The minimum atomic E-state index is -1.03. The van der Waals surface area contributed by atoms with Gasteiger partial charge in [0.2, 0.25) is 5.28 Å². The second kappa shape index (κ2) is 12.9. The molecule has 0 spiro atoms. The number of hydrogen-bond acceptors (Lipinski definition) is 10. The Morgan fingerprint density at radius 3 is 2.77 bits per heavy atom. The third-order valence-electron chi connectivity index (χ3n) is 8.05. The fourth-order valence-electron chi connectivity index (χ4n) is 5.91. The van der Waals surface area contributed by atoms with Crippen LogP contribution < -0.4 is 16.0 Å². The number of aromatic amines is 1. The third kappa shape index (κ3) is 6.36. The zero-order valence-corrected chi connectivity index (χ0v) is 24.8. The third-order valence-corrected chi connectivity index (χ3v) is 9.03. The van der Waals surface area contributed by atoms with Crippen LogP contribution in [0, 0.1) is 11.7 Å². The highest BCUT2D eigenvalue weighted by atomic mass is 35.5. The molecule has 6 N–H and O–H groups in total. The summed E-state index contributed by atoms with van der Waals surface area (Å²) >= 11 is 7.66. The Balaban J connectivity index is 1.14. The summed E-state index contributed by atoms with van der Waals surface area (Å²) in [7, 11) is 0. The van der Waals surface area contributed by atoms with Crippen molar-refractivity contribution in [1.82, 2.24) is 35.0 Å². The average Bonchev–Trinajstić information content (AvgIpc) is 3.80. The van der Waals surface area contributed by atoms with Crippen molar-refractivity contribution in [2.75, 3.05) is 36.8 Å². The molecular formula is C29H33ClFN9O2S. The van der Waals surface area contributed by atoms with Gasteiger partial charge in [0.15, 0.2) is 0 Å². The first kappa shape index (κ1) is 29.5. The molecule has 6 rings (SSSR count). The number of hydrogen-bond donors (Lipinski definition) is 5. The number of aliphatic hydroxyl groups is 2. The maximum Gasteiger partial charge on any atom is 0.226 e. The summed E-state index contributed by atoms with van der Waals surface area (Å²) in [4.78, 5) is 15.2. The Hall–Kier alpha value is -3.62. The Morgan fingerprint density at radius 2 is 2.02 bits per heavy atom. The van der Waals surface area contributed by atoms with Crippen LogP contribution in [0.3, 0.4) is 0 Å². The van der Waals surface area contributed by atoms with Crippen LogP contribution in [0.5, 0.6) is 0 Å². The van der Waals surface area contributed by atoms with Gasteiger partial charge in [0.05, 0.1) is 29.4 Å². The Bertz CT molecular complexity index is 1630. The van der Waals surface area contributed by atoms with E-state index in [1.807, 2.05) is 22.3 Å². The molecule has 4 aromatic heterocycles. The standard InChI is InChI=1S/C29H33ClFN9O2S/c30-29-37-26(32)23-21(28-34-9-11-43-28)16-40(27(23)38-29)22-12-18(24(41)25(22)42)15-39(20-13-35-36-14-20)10-1-7-33-8-6-17-2-4-19(31)5-3-17/h2-5,9,11,13-14,16,18,22,24-25,33,41-42H,1,6-8,10,12,15H2,(H,35,36)(H2,32,37,38)/t18-,22-,24-,25+/m1/s1. The van der Waals surface area contributed by atoms with E-state index in [4.69, 9.17) is 17.3 Å². The number of thiazole rings is 1.